The fraction of sp³-hybridized carbons (Fsp3) is 0.909. The zero-order valence-corrected chi connectivity index (χ0v) is 31.1. The van der Waals surface area contributed by atoms with Crippen molar-refractivity contribution >= 4 is 28.4 Å². The zero-order valence-electron chi connectivity index (χ0n) is 30.3. The zero-order chi connectivity index (χ0) is 35.8. The highest BCUT2D eigenvalue weighted by Crippen LogP contribution is 2.43. The topological polar surface area (TPSA) is 170 Å². The fourth-order valence-corrected chi connectivity index (χ4v) is 8.36. The number of likely N-dealkylation sites (tertiary alicyclic amines) is 1. The monoisotopic (exact) mass is 703 g/mol. The summed E-state index contributed by atoms with van der Waals surface area (Å²) >= 11 is 0. The van der Waals surface area contributed by atoms with Gasteiger partial charge in [-0.25, -0.2) is 19.3 Å². The van der Waals surface area contributed by atoms with Gasteiger partial charge in [0.2, 0.25) is 0 Å². The maximum absolute atomic E-state index is 13.7. The van der Waals surface area contributed by atoms with Crippen molar-refractivity contribution in [3.63, 3.8) is 0 Å². The number of piperidine rings is 2. The Bertz CT molecular complexity index is 1200. The molecule has 0 radical (unpaired) electrons. The lowest BCUT2D eigenvalue weighted by atomic mass is 9.69. The first-order chi connectivity index (χ1) is 22.5. The van der Waals surface area contributed by atoms with E-state index < -0.39 is 63.4 Å². The molecule has 4 amide bonds. The first-order valence-corrected chi connectivity index (χ1v) is 19.3. The molecule has 0 saturated carbocycles. The molecule has 48 heavy (non-hydrogen) atoms. The minimum atomic E-state index is -4.73. The van der Waals surface area contributed by atoms with Gasteiger partial charge in [0.1, 0.15) is 23.3 Å². The smallest absolute Gasteiger partial charge is 0.421 e. The summed E-state index contributed by atoms with van der Waals surface area (Å²) in [5, 5.41) is 0.837. The molecule has 14 nitrogen and oxygen atoms in total. The van der Waals surface area contributed by atoms with Crippen LogP contribution >= 0.6 is 0 Å². The van der Waals surface area contributed by atoms with Crippen LogP contribution in [-0.2, 0) is 33.2 Å². The summed E-state index contributed by atoms with van der Waals surface area (Å²) in [6, 6.07) is -2.18. The SMILES string of the molecule is CCCCC(N)(CCC)C(CCC)(CCCC)OS(=O)(=O)ON1C(=O)N2CC1CC[C@H]2C(=O)NO[C@@H]1CCCN(C(=O)OC(C)(C)C)C1. The minimum Gasteiger partial charge on any atom is -0.444 e. The molecule has 3 unspecified atom stereocenters. The average molecular weight is 704 g/mol. The number of carbonyl (C=O) groups excluding carboxylic acids is 3. The van der Waals surface area contributed by atoms with Crippen molar-refractivity contribution in [2.45, 2.75) is 173 Å². The first kappa shape index (κ1) is 40.2. The molecule has 5 atom stereocenters. The van der Waals surface area contributed by atoms with E-state index in [0.717, 1.165) is 37.2 Å². The van der Waals surface area contributed by atoms with Crippen molar-refractivity contribution in [2.24, 2.45) is 5.73 Å². The summed E-state index contributed by atoms with van der Waals surface area (Å²) in [6.07, 6.45) is 7.84. The number of hydrogen-bond acceptors (Lipinski definition) is 10. The molecule has 278 valence electrons. The maximum Gasteiger partial charge on any atom is 0.421 e. The Morgan fingerprint density at radius 2 is 1.58 bits per heavy atom. The molecule has 3 N–H and O–H groups in total. The summed E-state index contributed by atoms with van der Waals surface area (Å²) in [4.78, 5) is 47.8. The number of carbonyl (C=O) groups is 3. The molecule has 3 aliphatic rings. The van der Waals surface area contributed by atoms with Crippen LogP contribution in [0, 0.1) is 0 Å². The predicted molar refractivity (Wildman–Crippen MR) is 180 cm³/mol. The van der Waals surface area contributed by atoms with E-state index in [9.17, 15) is 22.8 Å². The molecular formula is C33H61N5O9S. The molecule has 0 aromatic carbocycles. The van der Waals surface area contributed by atoms with Gasteiger partial charge in [-0.05, 0) is 72.1 Å². The van der Waals surface area contributed by atoms with Crippen LogP contribution in [0.25, 0.3) is 0 Å². The lowest BCUT2D eigenvalue weighted by Gasteiger charge is -2.48. The van der Waals surface area contributed by atoms with Crippen LogP contribution in [-0.4, -0.2) is 95.9 Å². The number of amides is 4. The van der Waals surface area contributed by atoms with Gasteiger partial charge in [-0.15, -0.1) is 4.28 Å². The Morgan fingerprint density at radius 1 is 0.917 bits per heavy atom. The number of hydrogen-bond donors (Lipinski definition) is 2. The molecular weight excluding hydrogens is 642 g/mol. The second-order valence-electron chi connectivity index (χ2n) is 14.7. The predicted octanol–water partition coefficient (Wildman–Crippen LogP) is 5.31. The van der Waals surface area contributed by atoms with Crippen molar-refractivity contribution in [1.82, 2.24) is 20.3 Å². The van der Waals surface area contributed by atoms with Crippen LogP contribution in [0.2, 0.25) is 0 Å². The number of hydroxylamine groups is 3. The van der Waals surface area contributed by atoms with E-state index in [1.165, 1.54) is 4.90 Å². The second-order valence-corrected chi connectivity index (χ2v) is 15.8. The molecule has 0 aromatic heterocycles. The average Bonchev–Trinajstić information content (AvgIpc) is 3.24. The van der Waals surface area contributed by atoms with Crippen LogP contribution in [0.3, 0.4) is 0 Å². The van der Waals surface area contributed by atoms with Gasteiger partial charge in [0.05, 0.1) is 12.6 Å². The molecule has 3 saturated heterocycles. The largest absolute Gasteiger partial charge is 0.444 e. The number of rotatable bonds is 18. The maximum atomic E-state index is 13.7. The third-order valence-electron chi connectivity index (χ3n) is 9.58. The van der Waals surface area contributed by atoms with Gasteiger partial charge in [0.25, 0.3) is 5.91 Å². The van der Waals surface area contributed by atoms with E-state index in [4.69, 9.17) is 23.8 Å². The van der Waals surface area contributed by atoms with Crippen LogP contribution in [0.5, 0.6) is 0 Å². The Balaban J connectivity index is 1.68. The van der Waals surface area contributed by atoms with Crippen molar-refractivity contribution in [3.05, 3.63) is 0 Å². The summed E-state index contributed by atoms with van der Waals surface area (Å²) in [6.45, 7) is 14.4. The Hall–Kier alpha value is -2.20. The third kappa shape index (κ3) is 10.2. The van der Waals surface area contributed by atoms with Gasteiger partial charge in [-0.3, -0.25) is 9.63 Å². The highest BCUT2D eigenvalue weighted by Gasteiger charge is 2.54. The van der Waals surface area contributed by atoms with Gasteiger partial charge in [-0.2, -0.15) is 13.5 Å². The number of nitrogens with two attached hydrogens (primary N) is 1. The highest BCUT2D eigenvalue weighted by molar-refractivity contribution is 7.81. The normalized spacial score (nSPS) is 24.3. The number of nitrogens with one attached hydrogen (secondary N) is 1. The molecule has 3 heterocycles. The number of urea groups is 1. The standard InChI is InChI=1S/C33H61N5O9S/c1-8-12-20-32(34,18-10-3)33(19-11-4,21-13-9-2)46-48(42,43)47-38-25-16-17-27(37(23-25)29(38)40)28(39)35-45-26-15-14-22-36(24-26)30(41)44-31(5,6)7/h25-27H,8-24,34H2,1-7H3,(H,35,39)/t25?,26-,27+,32?,33?/m1/s1. The van der Waals surface area contributed by atoms with E-state index in [-0.39, 0.29) is 19.5 Å². The quantitative estimate of drug-likeness (QED) is 0.178. The lowest BCUT2D eigenvalue weighted by Crippen LogP contribution is -2.63. The molecule has 15 heteroatoms. The Labute approximate surface area is 287 Å². The first-order valence-electron chi connectivity index (χ1n) is 18.0. The second kappa shape index (κ2) is 17.1. The summed E-state index contributed by atoms with van der Waals surface area (Å²) in [5.74, 6) is -0.526. The van der Waals surface area contributed by atoms with Crippen molar-refractivity contribution in [2.75, 3.05) is 19.6 Å². The number of nitrogens with zero attached hydrogens (tertiary/aromatic N) is 3. The Kier molecular flexibility index (Phi) is 14.4. The molecule has 3 rings (SSSR count). The van der Waals surface area contributed by atoms with Gasteiger partial charge < -0.3 is 20.3 Å². The molecule has 3 fully saturated rings. The van der Waals surface area contributed by atoms with Crippen LogP contribution < -0.4 is 11.2 Å². The molecule has 3 aliphatic heterocycles. The van der Waals surface area contributed by atoms with E-state index in [1.807, 2.05) is 20.8 Å². The van der Waals surface area contributed by atoms with Crippen molar-refractivity contribution in [1.29, 1.82) is 0 Å². The van der Waals surface area contributed by atoms with E-state index >= 15 is 0 Å². The minimum absolute atomic E-state index is 0.116. The Morgan fingerprint density at radius 3 is 2.21 bits per heavy atom. The number of fused-ring (bicyclic) bond motifs is 2. The van der Waals surface area contributed by atoms with Crippen LogP contribution in [0.4, 0.5) is 9.59 Å². The summed E-state index contributed by atoms with van der Waals surface area (Å²) < 4.78 is 44.4. The van der Waals surface area contributed by atoms with Gasteiger partial charge >= 0.3 is 22.5 Å². The summed E-state index contributed by atoms with van der Waals surface area (Å²) in [5.41, 5.74) is 6.84. The van der Waals surface area contributed by atoms with Gasteiger partial charge in [-0.1, -0.05) is 66.2 Å². The van der Waals surface area contributed by atoms with Crippen molar-refractivity contribution < 1.29 is 40.8 Å². The third-order valence-corrected chi connectivity index (χ3v) is 10.4. The van der Waals surface area contributed by atoms with Gasteiger partial charge in [0, 0.05) is 18.6 Å². The molecule has 0 spiro atoms. The molecule has 0 aromatic rings. The highest BCUT2D eigenvalue weighted by atomic mass is 32.3. The van der Waals surface area contributed by atoms with E-state index in [2.05, 4.69) is 12.4 Å². The number of unbranched alkanes of at least 4 members (excludes halogenated alkanes) is 2. The van der Waals surface area contributed by atoms with Crippen molar-refractivity contribution in [3.8, 4) is 0 Å². The summed E-state index contributed by atoms with van der Waals surface area (Å²) in [7, 11) is -4.73. The van der Waals surface area contributed by atoms with Crippen LogP contribution in [0.15, 0.2) is 0 Å². The molecule has 2 bridgehead atoms. The fourth-order valence-electron chi connectivity index (χ4n) is 7.22. The van der Waals surface area contributed by atoms with Crippen LogP contribution in [0.1, 0.15) is 138 Å². The van der Waals surface area contributed by atoms with E-state index in [1.54, 1.807) is 25.7 Å². The van der Waals surface area contributed by atoms with Gasteiger partial charge in [0.15, 0.2) is 0 Å². The molecule has 0 aliphatic carbocycles. The number of ether oxygens (including phenoxy) is 1. The lowest BCUT2D eigenvalue weighted by molar-refractivity contribution is -0.146. The van der Waals surface area contributed by atoms with E-state index in [0.29, 0.717) is 57.9 Å².